The van der Waals surface area contributed by atoms with E-state index in [4.69, 9.17) is 4.74 Å². The smallest absolute Gasteiger partial charge is 0.372 e. The second kappa shape index (κ2) is 5.51. The molecule has 1 aromatic rings. The molecule has 0 saturated carbocycles. The van der Waals surface area contributed by atoms with Crippen LogP contribution in [0.1, 0.15) is 19.4 Å². The fourth-order valence-corrected chi connectivity index (χ4v) is 2.49. The molecule has 0 aliphatic carbocycles. The van der Waals surface area contributed by atoms with Crippen LogP contribution in [0.5, 0.6) is 0 Å². The van der Waals surface area contributed by atoms with Crippen LogP contribution in [0.15, 0.2) is 18.2 Å². The summed E-state index contributed by atoms with van der Waals surface area (Å²) in [4.78, 5) is 12.0. The number of nitrogens with zero attached hydrogens (tertiary/aromatic N) is 2. The van der Waals surface area contributed by atoms with Crippen LogP contribution in [-0.4, -0.2) is 30.2 Å². The van der Waals surface area contributed by atoms with Gasteiger partial charge in [0.2, 0.25) is 0 Å². The average molecular weight is 304 g/mol. The van der Waals surface area contributed by atoms with E-state index >= 15 is 0 Å². The van der Waals surface area contributed by atoms with E-state index in [-0.39, 0.29) is 17.9 Å². The van der Waals surface area contributed by atoms with Crippen LogP contribution in [0, 0.1) is 10.1 Å². The molecule has 1 aliphatic heterocycles. The molecule has 0 radical (unpaired) electrons. The maximum absolute atomic E-state index is 12.7. The Bertz CT molecular complexity index is 538. The molecule has 116 valence electrons. The number of rotatable bonds is 2. The molecule has 1 aromatic carbocycles. The normalized spacial score (nSPS) is 23.2. The van der Waals surface area contributed by atoms with Gasteiger partial charge in [0.05, 0.1) is 22.7 Å². The van der Waals surface area contributed by atoms with Gasteiger partial charge < -0.3 is 9.64 Å². The quantitative estimate of drug-likeness (QED) is 0.622. The Kier molecular flexibility index (Phi) is 4.08. The summed E-state index contributed by atoms with van der Waals surface area (Å²) in [6.07, 6.45) is -4.89. The largest absolute Gasteiger partial charge is 0.416 e. The minimum atomic E-state index is -4.60. The Hall–Kier alpha value is -1.83. The van der Waals surface area contributed by atoms with Crippen molar-refractivity contribution in [2.45, 2.75) is 32.2 Å². The maximum Gasteiger partial charge on any atom is 0.416 e. The first-order chi connectivity index (χ1) is 9.68. The number of ether oxygens (including phenoxy) is 1. The van der Waals surface area contributed by atoms with Gasteiger partial charge in [-0.05, 0) is 26.0 Å². The van der Waals surface area contributed by atoms with Crippen molar-refractivity contribution in [2.75, 3.05) is 18.0 Å². The van der Waals surface area contributed by atoms with E-state index in [9.17, 15) is 23.3 Å². The lowest BCUT2D eigenvalue weighted by Gasteiger charge is -2.36. The number of alkyl halides is 3. The third-order valence-electron chi connectivity index (χ3n) is 3.26. The Morgan fingerprint density at radius 2 is 1.86 bits per heavy atom. The first-order valence-corrected chi connectivity index (χ1v) is 6.44. The molecule has 2 atom stereocenters. The molecule has 2 unspecified atom stereocenters. The number of hydrogen-bond acceptors (Lipinski definition) is 4. The SMILES string of the molecule is CC1CN(c2ccc(C(F)(F)F)cc2[N+](=O)[O-])CC(C)O1. The van der Waals surface area contributed by atoms with Crippen LogP contribution < -0.4 is 4.90 Å². The van der Waals surface area contributed by atoms with Gasteiger partial charge in [-0.3, -0.25) is 10.1 Å². The summed E-state index contributed by atoms with van der Waals surface area (Å²) in [6.45, 7) is 4.43. The lowest BCUT2D eigenvalue weighted by atomic mass is 10.1. The van der Waals surface area contributed by atoms with Crippen LogP contribution >= 0.6 is 0 Å². The molecule has 21 heavy (non-hydrogen) atoms. The van der Waals surface area contributed by atoms with Crippen LogP contribution in [0.3, 0.4) is 0 Å². The van der Waals surface area contributed by atoms with Gasteiger partial charge in [-0.2, -0.15) is 13.2 Å². The van der Waals surface area contributed by atoms with Crippen LogP contribution in [0.2, 0.25) is 0 Å². The highest BCUT2D eigenvalue weighted by molar-refractivity contribution is 5.65. The average Bonchev–Trinajstić information content (AvgIpc) is 2.35. The number of anilines is 1. The van der Waals surface area contributed by atoms with Gasteiger partial charge in [-0.25, -0.2) is 0 Å². The highest BCUT2D eigenvalue weighted by atomic mass is 19.4. The molecule has 0 amide bonds. The highest BCUT2D eigenvalue weighted by Crippen LogP contribution is 2.37. The second-order valence-electron chi connectivity index (χ2n) is 5.12. The summed E-state index contributed by atoms with van der Waals surface area (Å²) >= 11 is 0. The van der Waals surface area contributed by atoms with E-state index < -0.39 is 22.4 Å². The van der Waals surface area contributed by atoms with Crippen molar-refractivity contribution in [1.82, 2.24) is 0 Å². The van der Waals surface area contributed by atoms with Gasteiger partial charge in [0.1, 0.15) is 5.69 Å². The van der Waals surface area contributed by atoms with Gasteiger partial charge in [-0.15, -0.1) is 0 Å². The van der Waals surface area contributed by atoms with E-state index in [1.807, 2.05) is 13.8 Å². The lowest BCUT2D eigenvalue weighted by Crippen LogP contribution is -2.45. The Morgan fingerprint density at radius 3 is 2.33 bits per heavy atom. The Morgan fingerprint density at radius 1 is 1.29 bits per heavy atom. The summed E-state index contributed by atoms with van der Waals surface area (Å²) in [5.41, 5.74) is -1.37. The highest BCUT2D eigenvalue weighted by Gasteiger charge is 2.34. The molecule has 0 bridgehead atoms. The second-order valence-corrected chi connectivity index (χ2v) is 5.12. The van der Waals surface area contributed by atoms with Gasteiger partial charge >= 0.3 is 6.18 Å². The molecular formula is C13H15F3N2O3. The summed E-state index contributed by atoms with van der Waals surface area (Å²) < 4.78 is 43.5. The molecule has 8 heteroatoms. The predicted molar refractivity (Wildman–Crippen MR) is 70.3 cm³/mol. The zero-order chi connectivity index (χ0) is 15.8. The zero-order valence-corrected chi connectivity index (χ0v) is 11.6. The summed E-state index contributed by atoms with van der Waals surface area (Å²) in [5, 5.41) is 11.1. The summed E-state index contributed by atoms with van der Waals surface area (Å²) in [6, 6.07) is 2.61. The molecule has 1 heterocycles. The topological polar surface area (TPSA) is 55.6 Å². The molecule has 5 nitrogen and oxygen atoms in total. The molecule has 1 fully saturated rings. The van der Waals surface area contributed by atoms with Crippen molar-refractivity contribution in [1.29, 1.82) is 0 Å². The number of benzene rings is 1. The molecular weight excluding hydrogens is 289 g/mol. The predicted octanol–water partition coefficient (Wildman–Crippen LogP) is 3.23. The summed E-state index contributed by atoms with van der Waals surface area (Å²) in [5.74, 6) is 0. The van der Waals surface area contributed by atoms with Crippen molar-refractivity contribution in [3.05, 3.63) is 33.9 Å². The third-order valence-corrected chi connectivity index (χ3v) is 3.26. The lowest BCUT2D eigenvalue weighted by molar-refractivity contribution is -0.384. The minimum absolute atomic E-state index is 0.143. The molecule has 0 spiro atoms. The molecule has 1 aliphatic rings. The maximum atomic E-state index is 12.7. The Balaban J connectivity index is 2.41. The van der Waals surface area contributed by atoms with Crippen molar-refractivity contribution in [2.24, 2.45) is 0 Å². The first-order valence-electron chi connectivity index (χ1n) is 6.44. The third kappa shape index (κ3) is 3.44. The van der Waals surface area contributed by atoms with Crippen molar-refractivity contribution in [3.8, 4) is 0 Å². The number of nitro groups is 1. The van der Waals surface area contributed by atoms with Gasteiger partial charge in [-0.1, -0.05) is 0 Å². The van der Waals surface area contributed by atoms with Crippen LogP contribution in [0.4, 0.5) is 24.5 Å². The monoisotopic (exact) mass is 304 g/mol. The van der Waals surface area contributed by atoms with E-state index in [1.54, 1.807) is 4.90 Å². The van der Waals surface area contributed by atoms with E-state index in [0.29, 0.717) is 19.2 Å². The summed E-state index contributed by atoms with van der Waals surface area (Å²) in [7, 11) is 0. The standard InChI is InChI=1S/C13H15F3N2O3/c1-8-6-17(7-9(2)21-8)11-4-3-10(13(14,15)16)5-12(11)18(19)20/h3-5,8-9H,6-7H2,1-2H3. The van der Waals surface area contributed by atoms with Gasteiger partial charge in [0.25, 0.3) is 5.69 Å². The van der Waals surface area contributed by atoms with E-state index in [2.05, 4.69) is 0 Å². The molecule has 2 rings (SSSR count). The molecule has 0 N–H and O–H groups in total. The zero-order valence-electron chi connectivity index (χ0n) is 11.6. The number of halogens is 3. The number of nitro benzene ring substituents is 1. The minimum Gasteiger partial charge on any atom is -0.372 e. The van der Waals surface area contributed by atoms with Crippen LogP contribution in [0.25, 0.3) is 0 Å². The van der Waals surface area contributed by atoms with Gasteiger partial charge in [0, 0.05) is 19.2 Å². The van der Waals surface area contributed by atoms with Gasteiger partial charge in [0.15, 0.2) is 0 Å². The fraction of sp³-hybridized carbons (Fsp3) is 0.538. The number of hydrogen-bond donors (Lipinski definition) is 0. The van der Waals surface area contributed by atoms with E-state index in [0.717, 1.165) is 12.1 Å². The Labute approximate surface area is 119 Å². The first kappa shape index (κ1) is 15.6. The molecule has 0 aromatic heterocycles. The molecule has 1 saturated heterocycles. The van der Waals surface area contributed by atoms with Crippen molar-refractivity contribution >= 4 is 11.4 Å². The van der Waals surface area contributed by atoms with Crippen LogP contribution in [-0.2, 0) is 10.9 Å². The van der Waals surface area contributed by atoms with E-state index in [1.165, 1.54) is 0 Å². The number of morpholine rings is 1. The fourth-order valence-electron chi connectivity index (χ4n) is 2.49. The van der Waals surface area contributed by atoms with Crippen molar-refractivity contribution < 1.29 is 22.8 Å². The van der Waals surface area contributed by atoms with Crippen molar-refractivity contribution in [3.63, 3.8) is 0 Å².